The summed E-state index contributed by atoms with van der Waals surface area (Å²) in [5.41, 5.74) is 1.82. The number of anilines is 1. The maximum Gasteiger partial charge on any atom is 0.228 e. The Hall–Kier alpha value is -2.21. The van der Waals surface area contributed by atoms with Crippen LogP contribution in [0.15, 0.2) is 46.9 Å². The van der Waals surface area contributed by atoms with Crippen LogP contribution in [0.5, 0.6) is 0 Å². The van der Waals surface area contributed by atoms with Crippen molar-refractivity contribution >= 4 is 33.4 Å². The van der Waals surface area contributed by atoms with E-state index in [0.29, 0.717) is 11.3 Å². The molecule has 0 saturated carbocycles. The van der Waals surface area contributed by atoms with Gasteiger partial charge in [0.1, 0.15) is 5.82 Å². The van der Waals surface area contributed by atoms with E-state index >= 15 is 0 Å². The molecule has 0 fully saturated rings. The van der Waals surface area contributed by atoms with Gasteiger partial charge in [0.2, 0.25) is 11.8 Å². The lowest BCUT2D eigenvalue weighted by Gasteiger charge is -2.24. The topological polar surface area (TPSA) is 58.2 Å². The van der Waals surface area contributed by atoms with Crippen LogP contribution in [0.3, 0.4) is 0 Å². The van der Waals surface area contributed by atoms with Crippen LogP contribution in [0.2, 0.25) is 0 Å². The van der Waals surface area contributed by atoms with E-state index in [4.69, 9.17) is 0 Å². The third-order valence-corrected chi connectivity index (χ3v) is 4.27. The molecule has 0 bridgehead atoms. The number of amides is 2. The highest BCUT2D eigenvalue weighted by Crippen LogP contribution is 2.32. The third-order valence-electron chi connectivity index (χ3n) is 3.78. The number of hydrogen-bond donors (Lipinski definition) is 2. The predicted octanol–water partition coefficient (Wildman–Crippen LogP) is 3.33. The number of halogens is 2. The summed E-state index contributed by atoms with van der Waals surface area (Å²) in [7, 11) is 0. The second-order valence-corrected chi connectivity index (χ2v) is 6.26. The number of fused-ring (bicyclic) bond motifs is 1. The van der Waals surface area contributed by atoms with E-state index in [1.54, 1.807) is 24.3 Å². The molecule has 1 atom stereocenters. The normalized spacial score (nSPS) is 16.4. The molecule has 1 aliphatic heterocycles. The van der Waals surface area contributed by atoms with Crippen LogP contribution in [-0.2, 0) is 16.1 Å². The van der Waals surface area contributed by atoms with Gasteiger partial charge in [0, 0.05) is 28.7 Å². The van der Waals surface area contributed by atoms with Crippen LogP contribution in [0.25, 0.3) is 0 Å². The van der Waals surface area contributed by atoms with Gasteiger partial charge in [0.15, 0.2) is 0 Å². The van der Waals surface area contributed by atoms with E-state index in [-0.39, 0.29) is 30.6 Å². The predicted molar refractivity (Wildman–Crippen MR) is 88.4 cm³/mol. The number of nitrogens with one attached hydrogen (secondary N) is 2. The zero-order valence-electron chi connectivity index (χ0n) is 12.1. The van der Waals surface area contributed by atoms with Crippen molar-refractivity contribution < 1.29 is 14.0 Å². The highest BCUT2D eigenvalue weighted by molar-refractivity contribution is 9.10. The van der Waals surface area contributed by atoms with Crippen molar-refractivity contribution in [2.75, 3.05) is 5.32 Å². The molecule has 2 amide bonds. The van der Waals surface area contributed by atoms with E-state index in [2.05, 4.69) is 26.6 Å². The molecule has 6 heteroatoms. The summed E-state index contributed by atoms with van der Waals surface area (Å²) in [4.78, 5) is 24.2. The van der Waals surface area contributed by atoms with Crippen molar-refractivity contribution in [3.63, 3.8) is 0 Å². The van der Waals surface area contributed by atoms with Gasteiger partial charge >= 0.3 is 0 Å². The number of para-hydroxylation sites is 1. The fourth-order valence-corrected chi connectivity index (χ4v) is 3.04. The molecule has 1 heterocycles. The molecule has 2 aromatic carbocycles. The van der Waals surface area contributed by atoms with E-state index in [9.17, 15) is 14.0 Å². The number of carbonyl (C=O) groups is 2. The molecular weight excluding hydrogens is 363 g/mol. The molecule has 0 aliphatic carbocycles. The second-order valence-electron chi connectivity index (χ2n) is 5.35. The third kappa shape index (κ3) is 3.42. The number of benzene rings is 2. The van der Waals surface area contributed by atoms with Crippen molar-refractivity contribution in [3.8, 4) is 0 Å². The Morgan fingerprint density at radius 1 is 1.30 bits per heavy atom. The summed E-state index contributed by atoms with van der Waals surface area (Å²) in [6, 6.07) is 11.8. The van der Waals surface area contributed by atoms with E-state index in [1.807, 2.05) is 12.1 Å². The lowest BCUT2D eigenvalue weighted by atomic mass is 9.90. The molecule has 0 saturated heterocycles. The van der Waals surface area contributed by atoms with Crippen molar-refractivity contribution in [1.29, 1.82) is 0 Å². The van der Waals surface area contributed by atoms with Gasteiger partial charge in [-0.1, -0.05) is 34.1 Å². The van der Waals surface area contributed by atoms with E-state index < -0.39 is 5.92 Å². The van der Waals surface area contributed by atoms with Crippen LogP contribution in [0, 0.1) is 5.82 Å². The monoisotopic (exact) mass is 376 g/mol. The number of rotatable bonds is 3. The molecule has 0 aromatic heterocycles. The minimum atomic E-state index is -0.560. The van der Waals surface area contributed by atoms with Crippen LogP contribution in [0.4, 0.5) is 10.1 Å². The summed E-state index contributed by atoms with van der Waals surface area (Å²) in [5.74, 6) is -1.42. The maximum atomic E-state index is 13.7. The Bertz CT molecular complexity index is 779. The largest absolute Gasteiger partial charge is 0.351 e. The molecule has 1 aliphatic rings. The van der Waals surface area contributed by atoms with Gasteiger partial charge in [-0.25, -0.2) is 4.39 Å². The molecule has 2 N–H and O–H groups in total. The first-order valence-electron chi connectivity index (χ1n) is 7.15. The zero-order valence-corrected chi connectivity index (χ0v) is 13.7. The zero-order chi connectivity index (χ0) is 16.4. The maximum absolute atomic E-state index is 13.7. The van der Waals surface area contributed by atoms with Gasteiger partial charge in [0.25, 0.3) is 0 Å². The van der Waals surface area contributed by atoms with Crippen molar-refractivity contribution in [2.45, 2.75) is 18.9 Å². The fraction of sp³-hybridized carbons (Fsp3) is 0.176. The lowest BCUT2D eigenvalue weighted by Crippen LogP contribution is -2.34. The van der Waals surface area contributed by atoms with Crippen molar-refractivity contribution in [1.82, 2.24) is 5.32 Å². The lowest BCUT2D eigenvalue weighted by molar-refractivity contribution is -0.126. The Morgan fingerprint density at radius 3 is 2.91 bits per heavy atom. The number of carbonyl (C=O) groups excluding carboxylic acids is 2. The summed E-state index contributed by atoms with van der Waals surface area (Å²) in [6.07, 6.45) is 0.0871. The van der Waals surface area contributed by atoms with Crippen LogP contribution >= 0.6 is 15.9 Å². The van der Waals surface area contributed by atoms with Gasteiger partial charge in [-0.15, -0.1) is 0 Å². The van der Waals surface area contributed by atoms with Crippen LogP contribution in [-0.4, -0.2) is 11.8 Å². The summed E-state index contributed by atoms with van der Waals surface area (Å²) >= 11 is 3.28. The fourth-order valence-electron chi connectivity index (χ4n) is 2.63. The Balaban J connectivity index is 1.76. The van der Waals surface area contributed by atoms with E-state index in [0.717, 1.165) is 10.0 Å². The highest BCUT2D eigenvalue weighted by Gasteiger charge is 2.30. The number of hydrogen-bond acceptors (Lipinski definition) is 2. The molecule has 2 aromatic rings. The molecule has 0 spiro atoms. The summed E-state index contributed by atoms with van der Waals surface area (Å²) < 4.78 is 14.5. The van der Waals surface area contributed by atoms with Crippen molar-refractivity contribution in [3.05, 3.63) is 63.9 Å². The summed E-state index contributed by atoms with van der Waals surface area (Å²) in [6.45, 7) is 0.0738. The average molecular weight is 377 g/mol. The van der Waals surface area contributed by atoms with Gasteiger partial charge in [-0.3, -0.25) is 9.59 Å². The first kappa shape index (κ1) is 15.7. The van der Waals surface area contributed by atoms with Gasteiger partial charge in [-0.2, -0.15) is 0 Å². The van der Waals surface area contributed by atoms with Crippen LogP contribution in [0.1, 0.15) is 23.5 Å². The Kier molecular flexibility index (Phi) is 4.43. The minimum Gasteiger partial charge on any atom is -0.351 e. The molecular formula is C17H14BrFN2O2. The second kappa shape index (κ2) is 6.50. The van der Waals surface area contributed by atoms with Gasteiger partial charge in [0.05, 0.1) is 5.92 Å². The molecule has 23 heavy (non-hydrogen) atoms. The smallest absolute Gasteiger partial charge is 0.228 e. The molecule has 0 radical (unpaired) electrons. The first-order valence-corrected chi connectivity index (χ1v) is 7.94. The van der Waals surface area contributed by atoms with Crippen molar-refractivity contribution in [2.24, 2.45) is 0 Å². The summed E-state index contributed by atoms with van der Waals surface area (Å²) in [5, 5.41) is 5.47. The van der Waals surface area contributed by atoms with E-state index in [1.165, 1.54) is 6.07 Å². The SMILES string of the molecule is O=C1CC(C(=O)NCc2cc(Br)ccc2F)c2ccccc2N1. The minimum absolute atomic E-state index is 0.0738. The standard InChI is InChI=1S/C17H14BrFN2O2/c18-11-5-6-14(19)10(7-11)9-20-17(23)13-8-16(22)21-15-4-2-1-3-12(13)15/h1-7,13H,8-9H2,(H,20,23)(H,21,22). The molecule has 1 unspecified atom stereocenters. The molecule has 4 nitrogen and oxygen atoms in total. The first-order chi connectivity index (χ1) is 11.0. The van der Waals surface area contributed by atoms with Gasteiger partial charge < -0.3 is 10.6 Å². The van der Waals surface area contributed by atoms with Crippen LogP contribution < -0.4 is 10.6 Å². The molecule has 118 valence electrons. The molecule has 3 rings (SSSR count). The quantitative estimate of drug-likeness (QED) is 0.862. The van der Waals surface area contributed by atoms with Gasteiger partial charge in [-0.05, 0) is 29.8 Å². The average Bonchev–Trinajstić information content (AvgIpc) is 2.54. The highest BCUT2D eigenvalue weighted by atomic mass is 79.9. The Morgan fingerprint density at radius 2 is 2.09 bits per heavy atom. The Labute approximate surface area is 141 Å².